The molecular weight excluding hydrogens is 270 g/mol. The minimum Gasteiger partial charge on any atom is -0.480 e. The van der Waals surface area contributed by atoms with E-state index in [9.17, 15) is 13.2 Å². The third kappa shape index (κ3) is 4.03. The van der Waals surface area contributed by atoms with E-state index >= 15 is 0 Å². The average Bonchev–Trinajstić information content (AvgIpc) is 2.75. The fraction of sp³-hybridized carbons (Fsp3) is 0.636. The van der Waals surface area contributed by atoms with Crippen LogP contribution >= 0.6 is 0 Å². The smallest absolute Gasteiger partial charge is 0.318 e. The summed E-state index contributed by atoms with van der Waals surface area (Å²) in [7, 11) is -3.85. The lowest BCUT2D eigenvalue weighted by atomic mass is 10.2. The second-order valence-electron chi connectivity index (χ2n) is 4.63. The van der Waals surface area contributed by atoms with Gasteiger partial charge in [0, 0.05) is 13.0 Å². The first-order valence-corrected chi connectivity index (χ1v) is 7.47. The number of aliphatic carboxylic acids is 1. The molecule has 108 valence electrons. The molecule has 0 aliphatic rings. The van der Waals surface area contributed by atoms with Gasteiger partial charge in [-0.3, -0.25) is 4.79 Å². The number of hydrogen-bond donors (Lipinski definition) is 2. The van der Waals surface area contributed by atoms with Crippen LogP contribution in [0, 0.1) is 5.92 Å². The summed E-state index contributed by atoms with van der Waals surface area (Å²) in [5.74, 6) is -0.597. The molecule has 0 spiro atoms. The lowest BCUT2D eigenvalue weighted by Gasteiger charge is -2.21. The second kappa shape index (κ2) is 6.16. The van der Waals surface area contributed by atoms with Crippen molar-refractivity contribution >= 4 is 16.0 Å². The topological polar surface area (TPSA) is 103 Å². The summed E-state index contributed by atoms with van der Waals surface area (Å²) in [6, 6.07) is 0. The minimum absolute atomic E-state index is 0.0303. The molecule has 1 rings (SSSR count). The van der Waals surface area contributed by atoms with E-state index in [1.165, 1.54) is 6.20 Å². The predicted octanol–water partition coefficient (Wildman–Crippen LogP) is 0.703. The van der Waals surface area contributed by atoms with Crippen LogP contribution in [0.3, 0.4) is 0 Å². The van der Waals surface area contributed by atoms with E-state index in [0.717, 1.165) is 4.31 Å². The van der Waals surface area contributed by atoms with E-state index in [-0.39, 0.29) is 17.5 Å². The number of imidazole rings is 1. The zero-order valence-electron chi connectivity index (χ0n) is 11.3. The largest absolute Gasteiger partial charge is 0.480 e. The Kier molecular flexibility index (Phi) is 5.07. The maximum Gasteiger partial charge on any atom is 0.318 e. The highest BCUT2D eigenvalue weighted by Crippen LogP contribution is 2.15. The Labute approximate surface area is 112 Å². The van der Waals surface area contributed by atoms with Crippen LogP contribution in [0.25, 0.3) is 0 Å². The lowest BCUT2D eigenvalue weighted by Crippen LogP contribution is -2.38. The van der Waals surface area contributed by atoms with Crippen LogP contribution < -0.4 is 0 Å². The summed E-state index contributed by atoms with van der Waals surface area (Å²) < 4.78 is 25.6. The molecule has 0 fully saturated rings. The summed E-state index contributed by atoms with van der Waals surface area (Å²) in [5, 5.41) is 8.76. The fourth-order valence-corrected chi connectivity index (χ4v) is 3.08. The summed E-state index contributed by atoms with van der Waals surface area (Å²) in [5.41, 5.74) is 0. The number of sulfonamides is 1. The third-order valence-electron chi connectivity index (χ3n) is 2.44. The first-order chi connectivity index (χ1) is 8.77. The molecule has 8 heteroatoms. The molecule has 7 nitrogen and oxygen atoms in total. The zero-order valence-corrected chi connectivity index (χ0v) is 12.1. The van der Waals surface area contributed by atoms with E-state index in [4.69, 9.17) is 5.11 Å². The first-order valence-electron chi connectivity index (χ1n) is 6.03. The summed E-state index contributed by atoms with van der Waals surface area (Å²) >= 11 is 0. The highest BCUT2D eigenvalue weighted by atomic mass is 32.2. The number of nitrogens with one attached hydrogen (secondary N) is 1. The Morgan fingerprint density at radius 2 is 2.16 bits per heavy atom. The molecule has 0 saturated heterocycles. The van der Waals surface area contributed by atoms with Gasteiger partial charge in [0.05, 0.1) is 6.20 Å². The molecule has 0 aliphatic heterocycles. The molecule has 0 bridgehead atoms. The molecule has 0 amide bonds. The van der Waals surface area contributed by atoms with E-state index < -0.39 is 22.5 Å². The summed E-state index contributed by atoms with van der Waals surface area (Å²) in [6.45, 7) is 5.10. The van der Waals surface area contributed by atoms with E-state index in [1.54, 1.807) is 0 Å². The van der Waals surface area contributed by atoms with Gasteiger partial charge in [-0.25, -0.2) is 13.4 Å². The molecule has 0 atom stereocenters. The highest BCUT2D eigenvalue weighted by Gasteiger charge is 2.28. The monoisotopic (exact) mass is 289 g/mol. The fourth-order valence-electron chi connectivity index (χ4n) is 1.60. The Morgan fingerprint density at radius 3 is 2.58 bits per heavy atom. The molecule has 1 aromatic rings. The molecule has 0 aromatic carbocycles. The highest BCUT2D eigenvalue weighted by molar-refractivity contribution is 7.89. The molecule has 2 N–H and O–H groups in total. The van der Waals surface area contributed by atoms with E-state index in [0.29, 0.717) is 12.2 Å². The Hall–Kier alpha value is -1.41. The van der Waals surface area contributed by atoms with Crippen LogP contribution in [0.15, 0.2) is 11.2 Å². The Morgan fingerprint density at radius 1 is 1.53 bits per heavy atom. The Balaban J connectivity index is 3.07. The van der Waals surface area contributed by atoms with Gasteiger partial charge >= 0.3 is 5.97 Å². The lowest BCUT2D eigenvalue weighted by molar-refractivity contribution is -0.137. The van der Waals surface area contributed by atoms with Gasteiger partial charge in [0.1, 0.15) is 12.4 Å². The van der Waals surface area contributed by atoms with Crippen molar-refractivity contribution in [2.24, 2.45) is 5.92 Å². The maximum atomic E-state index is 12.3. The van der Waals surface area contributed by atoms with Gasteiger partial charge in [-0.15, -0.1) is 0 Å². The van der Waals surface area contributed by atoms with Gasteiger partial charge in [0.2, 0.25) is 0 Å². The minimum atomic E-state index is -3.85. The van der Waals surface area contributed by atoms with Crippen molar-refractivity contribution in [3.63, 3.8) is 0 Å². The number of nitrogens with zero attached hydrogens (tertiary/aromatic N) is 2. The molecule has 0 radical (unpaired) electrons. The number of rotatable bonds is 7. The van der Waals surface area contributed by atoms with Gasteiger partial charge in [0.15, 0.2) is 5.03 Å². The standard InChI is InChI=1S/C11H19N3O4S/c1-4-9-12-5-10(13-9)19(17,18)14(6-8(2)3)7-11(15)16/h5,8H,4,6-7H2,1-3H3,(H,12,13)(H,15,16). The number of aromatic nitrogens is 2. The number of carbonyl (C=O) groups is 1. The maximum absolute atomic E-state index is 12.3. The van der Waals surface area contributed by atoms with Crippen LogP contribution in [-0.2, 0) is 21.2 Å². The van der Waals surface area contributed by atoms with Crippen molar-refractivity contribution < 1.29 is 18.3 Å². The first kappa shape index (κ1) is 15.6. The number of H-pyrrole nitrogens is 1. The van der Waals surface area contributed by atoms with E-state index in [1.807, 2.05) is 20.8 Å². The van der Waals surface area contributed by atoms with Crippen molar-refractivity contribution in [3.8, 4) is 0 Å². The van der Waals surface area contributed by atoms with Gasteiger partial charge in [-0.1, -0.05) is 20.8 Å². The zero-order chi connectivity index (χ0) is 14.6. The van der Waals surface area contributed by atoms with Gasteiger partial charge in [0.25, 0.3) is 10.0 Å². The quantitative estimate of drug-likeness (QED) is 0.769. The van der Waals surface area contributed by atoms with Gasteiger partial charge < -0.3 is 10.1 Å². The van der Waals surface area contributed by atoms with Crippen LogP contribution in [-0.4, -0.2) is 46.9 Å². The molecule has 0 unspecified atom stereocenters. The number of carboxylic acids is 1. The number of hydrogen-bond acceptors (Lipinski definition) is 4. The normalized spacial score (nSPS) is 12.3. The number of carboxylic acid groups (broad SMARTS) is 1. The van der Waals surface area contributed by atoms with Gasteiger partial charge in [-0.05, 0) is 5.92 Å². The van der Waals surface area contributed by atoms with Crippen molar-refractivity contribution in [1.29, 1.82) is 0 Å². The SMILES string of the molecule is CCc1ncc(S(=O)(=O)N(CC(=O)O)CC(C)C)[nH]1. The number of aromatic amines is 1. The van der Waals surface area contributed by atoms with Crippen molar-refractivity contribution in [2.45, 2.75) is 32.2 Å². The van der Waals surface area contributed by atoms with Crippen LogP contribution in [0.4, 0.5) is 0 Å². The summed E-state index contributed by atoms with van der Waals surface area (Å²) in [4.78, 5) is 17.4. The molecule has 0 aliphatic carbocycles. The molecule has 1 aromatic heterocycles. The van der Waals surface area contributed by atoms with Crippen molar-refractivity contribution in [3.05, 3.63) is 12.0 Å². The molecule has 19 heavy (non-hydrogen) atoms. The molecule has 1 heterocycles. The molecule has 0 saturated carbocycles. The van der Waals surface area contributed by atoms with Crippen LogP contribution in [0.1, 0.15) is 26.6 Å². The van der Waals surface area contributed by atoms with Crippen molar-refractivity contribution in [1.82, 2.24) is 14.3 Å². The third-order valence-corrected chi connectivity index (χ3v) is 4.16. The second-order valence-corrected chi connectivity index (χ2v) is 6.54. The van der Waals surface area contributed by atoms with Gasteiger partial charge in [-0.2, -0.15) is 4.31 Å². The van der Waals surface area contributed by atoms with Crippen molar-refractivity contribution in [2.75, 3.05) is 13.1 Å². The number of aryl methyl sites for hydroxylation is 1. The van der Waals surface area contributed by atoms with E-state index in [2.05, 4.69) is 9.97 Å². The summed E-state index contributed by atoms with van der Waals surface area (Å²) in [6.07, 6.45) is 1.81. The molecular formula is C11H19N3O4S. The van der Waals surface area contributed by atoms with Crippen LogP contribution in [0.2, 0.25) is 0 Å². The average molecular weight is 289 g/mol. The Bertz CT molecular complexity index is 536. The van der Waals surface area contributed by atoms with Crippen LogP contribution in [0.5, 0.6) is 0 Å². The predicted molar refractivity (Wildman–Crippen MR) is 69.2 cm³/mol.